The van der Waals surface area contributed by atoms with Gasteiger partial charge in [-0.05, 0) is 50.6 Å². The quantitative estimate of drug-likeness (QED) is 0.217. The molecule has 4 aromatic heterocycles. The lowest BCUT2D eigenvalue weighted by atomic mass is 10.1. The monoisotopic (exact) mass is 578 g/mol. The third-order valence-electron chi connectivity index (χ3n) is 6.20. The normalized spacial score (nSPS) is 12.2. The van der Waals surface area contributed by atoms with Gasteiger partial charge in [0.25, 0.3) is 0 Å². The number of halogens is 3. The van der Waals surface area contributed by atoms with Crippen molar-refractivity contribution in [3.05, 3.63) is 72.8 Å². The number of H-pyrrole nitrogens is 1. The molecule has 3 N–H and O–H groups in total. The van der Waals surface area contributed by atoms with Crippen LogP contribution in [0.15, 0.2) is 61.6 Å². The number of fused-ring (bicyclic) bond motifs is 2. The van der Waals surface area contributed by atoms with E-state index in [9.17, 15) is 17.7 Å². The highest BCUT2D eigenvalue weighted by Crippen LogP contribution is 2.41. The molecule has 208 valence electrons. The number of alkyl halides is 3. The Kier molecular flexibility index (Phi) is 6.22. The molecule has 0 amide bonds. The standard InChI is InChI=1S/C26H22F3N10OP/c1-14-11-39(13-34-14)17-9-15(26(27,28)29)8-16(10-17)35-25-37-23-21(32-12-33-23)24(38-25)36-19-5-4-18-20(31-7-6-30-18)22(19)41(2,3)40/h4-13H,1-3H3,(H3,32,33,35,36,37,38). The minimum Gasteiger partial charge on any atom is -0.338 e. The van der Waals surface area contributed by atoms with Crippen LogP contribution in [0.4, 0.5) is 36.3 Å². The molecule has 0 fully saturated rings. The van der Waals surface area contributed by atoms with Crippen molar-refractivity contribution in [2.45, 2.75) is 13.1 Å². The number of imidazole rings is 2. The SMILES string of the molecule is Cc1cn(-c2cc(Nc3nc(Nc4ccc5nccnc5c4P(C)(C)=O)c4nc[nH]c4n3)cc(C(F)(F)F)c2)cn1. The van der Waals surface area contributed by atoms with Crippen molar-refractivity contribution in [2.24, 2.45) is 0 Å². The zero-order valence-electron chi connectivity index (χ0n) is 21.9. The molecule has 41 heavy (non-hydrogen) atoms. The molecule has 0 aliphatic rings. The Morgan fingerprint density at radius 1 is 0.951 bits per heavy atom. The van der Waals surface area contributed by atoms with Crippen molar-refractivity contribution >= 4 is 57.8 Å². The lowest BCUT2D eigenvalue weighted by Crippen LogP contribution is -2.14. The average Bonchev–Trinajstić information content (AvgIpc) is 3.56. The van der Waals surface area contributed by atoms with Crippen LogP contribution < -0.4 is 15.9 Å². The zero-order valence-corrected chi connectivity index (χ0v) is 22.8. The summed E-state index contributed by atoms with van der Waals surface area (Å²) in [5.41, 5.74) is 2.44. The van der Waals surface area contributed by atoms with Crippen LogP contribution in [-0.4, -0.2) is 52.8 Å². The first-order valence-electron chi connectivity index (χ1n) is 12.2. The summed E-state index contributed by atoms with van der Waals surface area (Å²) in [7, 11) is -2.87. The van der Waals surface area contributed by atoms with Crippen LogP contribution in [0.25, 0.3) is 27.9 Å². The summed E-state index contributed by atoms with van der Waals surface area (Å²) in [6.07, 6.45) is 2.98. The van der Waals surface area contributed by atoms with E-state index in [0.717, 1.165) is 12.1 Å². The highest BCUT2D eigenvalue weighted by Gasteiger charge is 2.31. The van der Waals surface area contributed by atoms with Gasteiger partial charge in [0.15, 0.2) is 17.0 Å². The van der Waals surface area contributed by atoms with Crippen molar-refractivity contribution < 1.29 is 17.7 Å². The summed E-state index contributed by atoms with van der Waals surface area (Å²) in [5.74, 6) is 0.253. The Labute approximate surface area is 230 Å². The van der Waals surface area contributed by atoms with E-state index in [4.69, 9.17) is 0 Å². The molecular weight excluding hydrogens is 556 g/mol. The van der Waals surface area contributed by atoms with Gasteiger partial charge in [0.05, 0.1) is 40.4 Å². The van der Waals surface area contributed by atoms with Gasteiger partial charge in [-0.25, -0.2) is 9.97 Å². The van der Waals surface area contributed by atoms with Gasteiger partial charge in [-0.3, -0.25) is 9.97 Å². The Morgan fingerprint density at radius 3 is 2.49 bits per heavy atom. The molecule has 0 radical (unpaired) electrons. The van der Waals surface area contributed by atoms with Crippen molar-refractivity contribution in [1.29, 1.82) is 0 Å². The molecule has 6 rings (SSSR count). The molecule has 2 aromatic carbocycles. The van der Waals surface area contributed by atoms with Crippen molar-refractivity contribution in [2.75, 3.05) is 24.0 Å². The first-order valence-corrected chi connectivity index (χ1v) is 14.8. The number of aryl methyl sites for hydroxylation is 1. The van der Waals surface area contributed by atoms with E-state index in [1.54, 1.807) is 44.8 Å². The van der Waals surface area contributed by atoms with Crippen molar-refractivity contribution in [1.82, 2.24) is 39.5 Å². The molecule has 4 heterocycles. The summed E-state index contributed by atoms with van der Waals surface area (Å²) in [6.45, 7) is 5.01. The molecule has 0 saturated heterocycles. The number of aromatic nitrogens is 8. The molecule has 0 atom stereocenters. The molecule has 0 unspecified atom stereocenters. The maximum Gasteiger partial charge on any atom is 0.416 e. The molecular formula is C26H22F3N10OP. The minimum absolute atomic E-state index is 0.00893. The summed E-state index contributed by atoms with van der Waals surface area (Å²) >= 11 is 0. The first kappa shape index (κ1) is 26.4. The summed E-state index contributed by atoms with van der Waals surface area (Å²) in [6, 6.07) is 7.02. The van der Waals surface area contributed by atoms with Gasteiger partial charge in [-0.15, -0.1) is 0 Å². The number of nitrogens with zero attached hydrogens (tertiary/aromatic N) is 7. The van der Waals surface area contributed by atoms with Crippen molar-refractivity contribution in [3.8, 4) is 5.69 Å². The largest absolute Gasteiger partial charge is 0.416 e. The van der Waals surface area contributed by atoms with Gasteiger partial charge < -0.3 is 24.7 Å². The smallest absolute Gasteiger partial charge is 0.338 e. The second kappa shape index (κ2) is 9.66. The Hall–Kier alpha value is -4.84. The van der Waals surface area contributed by atoms with E-state index in [1.807, 2.05) is 0 Å². The predicted molar refractivity (Wildman–Crippen MR) is 150 cm³/mol. The highest BCUT2D eigenvalue weighted by molar-refractivity contribution is 7.71. The molecule has 11 nitrogen and oxygen atoms in total. The van der Waals surface area contributed by atoms with Crippen LogP contribution in [-0.2, 0) is 10.7 Å². The summed E-state index contributed by atoms with van der Waals surface area (Å²) in [4.78, 5) is 28.9. The number of aromatic amines is 1. The Morgan fingerprint density at radius 2 is 1.76 bits per heavy atom. The third kappa shape index (κ3) is 5.21. The van der Waals surface area contributed by atoms with Crippen LogP contribution in [0.2, 0.25) is 0 Å². The molecule has 0 saturated carbocycles. The predicted octanol–water partition coefficient (Wildman–Crippen LogP) is 5.54. The fourth-order valence-electron chi connectivity index (χ4n) is 4.46. The lowest BCUT2D eigenvalue weighted by molar-refractivity contribution is -0.137. The lowest BCUT2D eigenvalue weighted by Gasteiger charge is -2.17. The Balaban J connectivity index is 1.44. The number of rotatable bonds is 6. The average molecular weight is 578 g/mol. The first-order chi connectivity index (χ1) is 19.5. The zero-order chi connectivity index (χ0) is 28.9. The van der Waals surface area contributed by atoms with E-state index < -0.39 is 18.9 Å². The maximum atomic E-state index is 13.8. The topological polar surface area (TPSA) is 139 Å². The molecule has 0 aliphatic carbocycles. The van der Waals surface area contributed by atoms with Crippen LogP contribution in [0.3, 0.4) is 0 Å². The fraction of sp³-hybridized carbons (Fsp3) is 0.154. The molecule has 6 aromatic rings. The van der Waals surface area contributed by atoms with E-state index in [2.05, 4.69) is 45.5 Å². The maximum absolute atomic E-state index is 13.8. The number of hydrogen-bond acceptors (Lipinski definition) is 9. The second-order valence-electron chi connectivity index (χ2n) is 9.67. The number of hydrogen-bond donors (Lipinski definition) is 3. The van der Waals surface area contributed by atoms with E-state index in [-0.39, 0.29) is 23.1 Å². The van der Waals surface area contributed by atoms with Crippen LogP contribution in [0.5, 0.6) is 0 Å². The molecule has 0 aliphatic heterocycles. The third-order valence-corrected chi connectivity index (χ3v) is 7.73. The minimum atomic E-state index is -4.59. The van der Waals surface area contributed by atoms with Gasteiger partial charge in [0, 0.05) is 30.0 Å². The van der Waals surface area contributed by atoms with Crippen molar-refractivity contribution in [3.63, 3.8) is 0 Å². The van der Waals surface area contributed by atoms with Gasteiger partial charge in [0.1, 0.15) is 12.7 Å². The molecule has 0 spiro atoms. The number of nitrogens with one attached hydrogen (secondary N) is 3. The summed E-state index contributed by atoms with van der Waals surface area (Å²) < 4.78 is 56.2. The second-order valence-corrected chi connectivity index (χ2v) is 12.8. The fourth-order valence-corrected chi connectivity index (χ4v) is 5.85. The van der Waals surface area contributed by atoms with E-state index >= 15 is 0 Å². The van der Waals surface area contributed by atoms with Gasteiger partial charge in [-0.2, -0.15) is 23.1 Å². The summed E-state index contributed by atoms with van der Waals surface area (Å²) in [5, 5.41) is 6.58. The Bertz CT molecular complexity index is 1980. The highest BCUT2D eigenvalue weighted by atomic mass is 31.2. The molecule has 0 bridgehead atoms. The van der Waals surface area contributed by atoms with Crippen LogP contribution >= 0.6 is 7.14 Å². The van der Waals surface area contributed by atoms with E-state index in [1.165, 1.54) is 29.5 Å². The van der Waals surface area contributed by atoms with Gasteiger partial charge in [-0.1, -0.05) is 0 Å². The number of benzene rings is 2. The number of anilines is 4. The molecule has 15 heteroatoms. The van der Waals surface area contributed by atoms with E-state index in [0.29, 0.717) is 38.9 Å². The van der Waals surface area contributed by atoms with Crippen LogP contribution in [0.1, 0.15) is 11.3 Å². The van der Waals surface area contributed by atoms with Gasteiger partial charge in [0.2, 0.25) is 5.95 Å². The van der Waals surface area contributed by atoms with Gasteiger partial charge >= 0.3 is 6.18 Å². The van der Waals surface area contributed by atoms with Crippen LogP contribution in [0, 0.1) is 6.92 Å².